The van der Waals surface area contributed by atoms with Crippen LogP contribution in [-0.4, -0.2) is 32.6 Å². The first-order valence-electron chi connectivity index (χ1n) is 7.26. The molecule has 1 aromatic rings. The molecule has 19 heavy (non-hydrogen) atoms. The largest absolute Gasteiger partial charge is 0.319 e. The molecular formula is C17H30N2. The standard InChI is InChI=1S/C17H30N2/c1-12(2)16(11-18-5)17(19(6)7)15-9-8-13(3)14(4)10-15/h8-10,12,16-18H,11H2,1-7H3. The van der Waals surface area contributed by atoms with Crippen LogP contribution in [0.4, 0.5) is 0 Å². The molecule has 0 aliphatic rings. The maximum atomic E-state index is 3.35. The summed E-state index contributed by atoms with van der Waals surface area (Å²) in [6.45, 7) is 10.1. The summed E-state index contributed by atoms with van der Waals surface area (Å²) < 4.78 is 0. The van der Waals surface area contributed by atoms with E-state index in [0.29, 0.717) is 17.9 Å². The lowest BCUT2D eigenvalue weighted by atomic mass is 9.83. The summed E-state index contributed by atoms with van der Waals surface area (Å²) in [6, 6.07) is 7.35. The van der Waals surface area contributed by atoms with E-state index in [1.165, 1.54) is 16.7 Å². The van der Waals surface area contributed by atoms with Crippen molar-refractivity contribution in [3.05, 3.63) is 34.9 Å². The van der Waals surface area contributed by atoms with Crippen molar-refractivity contribution in [3.63, 3.8) is 0 Å². The number of aryl methyl sites for hydroxylation is 2. The first-order valence-corrected chi connectivity index (χ1v) is 7.26. The molecule has 0 amide bonds. The van der Waals surface area contributed by atoms with Gasteiger partial charge < -0.3 is 10.2 Å². The molecule has 0 saturated heterocycles. The number of hydrogen-bond acceptors (Lipinski definition) is 2. The van der Waals surface area contributed by atoms with E-state index in [4.69, 9.17) is 0 Å². The van der Waals surface area contributed by atoms with Crippen LogP contribution in [0, 0.1) is 25.7 Å². The number of nitrogens with zero attached hydrogens (tertiary/aromatic N) is 1. The van der Waals surface area contributed by atoms with Gasteiger partial charge in [-0.2, -0.15) is 0 Å². The maximum absolute atomic E-state index is 3.35. The highest BCUT2D eigenvalue weighted by Crippen LogP contribution is 2.32. The molecule has 1 rings (SSSR count). The number of rotatable bonds is 6. The fourth-order valence-electron chi connectivity index (χ4n) is 2.82. The molecule has 0 radical (unpaired) electrons. The molecule has 1 aromatic carbocycles. The molecule has 2 nitrogen and oxygen atoms in total. The van der Waals surface area contributed by atoms with Crippen molar-refractivity contribution in [2.75, 3.05) is 27.7 Å². The van der Waals surface area contributed by atoms with Gasteiger partial charge in [0, 0.05) is 6.04 Å². The zero-order valence-corrected chi connectivity index (χ0v) is 13.6. The molecule has 0 fully saturated rings. The quantitative estimate of drug-likeness (QED) is 0.845. The van der Waals surface area contributed by atoms with E-state index in [0.717, 1.165) is 6.54 Å². The van der Waals surface area contributed by atoms with E-state index < -0.39 is 0 Å². The molecule has 2 unspecified atom stereocenters. The summed E-state index contributed by atoms with van der Waals surface area (Å²) in [4.78, 5) is 2.35. The van der Waals surface area contributed by atoms with Gasteiger partial charge in [0.15, 0.2) is 0 Å². The Bertz CT molecular complexity index is 396. The van der Waals surface area contributed by atoms with Crippen LogP contribution in [0.2, 0.25) is 0 Å². The molecule has 108 valence electrons. The molecule has 0 heterocycles. The van der Waals surface area contributed by atoms with Gasteiger partial charge in [-0.25, -0.2) is 0 Å². The van der Waals surface area contributed by atoms with E-state index in [1.807, 2.05) is 7.05 Å². The lowest BCUT2D eigenvalue weighted by Gasteiger charge is -2.35. The monoisotopic (exact) mass is 262 g/mol. The molecule has 0 aliphatic heterocycles. The zero-order valence-electron chi connectivity index (χ0n) is 13.6. The fraction of sp³-hybridized carbons (Fsp3) is 0.647. The van der Waals surface area contributed by atoms with Crippen molar-refractivity contribution < 1.29 is 0 Å². The average Bonchev–Trinajstić information content (AvgIpc) is 2.32. The van der Waals surface area contributed by atoms with Gasteiger partial charge in [-0.15, -0.1) is 0 Å². The summed E-state index contributed by atoms with van der Waals surface area (Å²) in [6.07, 6.45) is 0. The van der Waals surface area contributed by atoms with E-state index in [-0.39, 0.29) is 0 Å². The minimum atomic E-state index is 0.465. The van der Waals surface area contributed by atoms with Crippen LogP contribution in [0.5, 0.6) is 0 Å². The number of hydrogen-bond donors (Lipinski definition) is 1. The van der Waals surface area contributed by atoms with Crippen molar-refractivity contribution in [1.82, 2.24) is 10.2 Å². The van der Waals surface area contributed by atoms with Gasteiger partial charge in [0.1, 0.15) is 0 Å². The first-order chi connectivity index (χ1) is 8.88. The Morgan fingerprint density at radius 1 is 1.11 bits per heavy atom. The van der Waals surface area contributed by atoms with E-state index in [9.17, 15) is 0 Å². The summed E-state index contributed by atoms with van der Waals surface area (Å²) in [5.74, 6) is 1.27. The first kappa shape index (κ1) is 16.2. The highest BCUT2D eigenvalue weighted by molar-refractivity contribution is 5.32. The van der Waals surface area contributed by atoms with Crippen molar-refractivity contribution in [1.29, 1.82) is 0 Å². The second-order valence-corrected chi connectivity index (χ2v) is 6.22. The molecule has 2 heteroatoms. The summed E-state index contributed by atoms with van der Waals surface area (Å²) >= 11 is 0. The van der Waals surface area contributed by atoms with Crippen LogP contribution < -0.4 is 5.32 Å². The highest BCUT2D eigenvalue weighted by Gasteiger charge is 2.27. The van der Waals surface area contributed by atoms with Crippen molar-refractivity contribution in [3.8, 4) is 0 Å². The van der Waals surface area contributed by atoms with Crippen LogP contribution >= 0.6 is 0 Å². The van der Waals surface area contributed by atoms with Gasteiger partial charge in [0.2, 0.25) is 0 Å². The van der Waals surface area contributed by atoms with Gasteiger partial charge in [-0.1, -0.05) is 32.0 Å². The minimum Gasteiger partial charge on any atom is -0.319 e. The molecular weight excluding hydrogens is 232 g/mol. The van der Waals surface area contributed by atoms with Crippen LogP contribution in [0.1, 0.15) is 36.6 Å². The lowest BCUT2D eigenvalue weighted by Crippen LogP contribution is -2.36. The fourth-order valence-corrected chi connectivity index (χ4v) is 2.82. The number of benzene rings is 1. The van der Waals surface area contributed by atoms with Gasteiger partial charge in [-0.05, 0) is 70.1 Å². The SMILES string of the molecule is CNCC(C(C)C)C(c1ccc(C)c(C)c1)N(C)C. The van der Waals surface area contributed by atoms with Crippen LogP contribution in [0.3, 0.4) is 0 Å². The Hall–Kier alpha value is -0.860. The lowest BCUT2D eigenvalue weighted by molar-refractivity contribution is 0.169. The van der Waals surface area contributed by atoms with E-state index in [1.54, 1.807) is 0 Å². The molecule has 0 aliphatic carbocycles. The molecule has 0 saturated carbocycles. The molecule has 0 spiro atoms. The van der Waals surface area contributed by atoms with Gasteiger partial charge >= 0.3 is 0 Å². The Kier molecular flexibility index (Phi) is 6.02. The van der Waals surface area contributed by atoms with Crippen LogP contribution in [0.25, 0.3) is 0 Å². The number of nitrogens with one attached hydrogen (secondary N) is 1. The minimum absolute atomic E-state index is 0.465. The third kappa shape index (κ3) is 4.05. The Morgan fingerprint density at radius 2 is 1.74 bits per heavy atom. The van der Waals surface area contributed by atoms with Gasteiger partial charge in [0.05, 0.1) is 0 Å². The molecule has 1 N–H and O–H groups in total. The van der Waals surface area contributed by atoms with Gasteiger partial charge in [0.25, 0.3) is 0 Å². The Balaban J connectivity index is 3.14. The average molecular weight is 262 g/mol. The predicted molar refractivity (Wildman–Crippen MR) is 84.6 cm³/mol. The summed E-state index contributed by atoms with van der Waals surface area (Å²) in [5, 5.41) is 3.35. The third-order valence-electron chi connectivity index (χ3n) is 4.13. The molecule has 2 atom stereocenters. The normalized spacial score (nSPS) is 15.0. The smallest absolute Gasteiger partial charge is 0.0384 e. The summed E-state index contributed by atoms with van der Waals surface area (Å²) in [7, 11) is 6.41. The Morgan fingerprint density at radius 3 is 2.16 bits per heavy atom. The van der Waals surface area contributed by atoms with Crippen molar-refractivity contribution >= 4 is 0 Å². The zero-order chi connectivity index (χ0) is 14.6. The van der Waals surface area contributed by atoms with Crippen molar-refractivity contribution in [2.45, 2.75) is 33.7 Å². The van der Waals surface area contributed by atoms with Gasteiger partial charge in [-0.3, -0.25) is 0 Å². The van der Waals surface area contributed by atoms with Crippen LogP contribution in [-0.2, 0) is 0 Å². The van der Waals surface area contributed by atoms with E-state index in [2.05, 4.69) is 70.2 Å². The second-order valence-electron chi connectivity index (χ2n) is 6.22. The topological polar surface area (TPSA) is 15.3 Å². The highest BCUT2D eigenvalue weighted by atomic mass is 15.1. The predicted octanol–water partition coefficient (Wildman–Crippen LogP) is 3.40. The third-order valence-corrected chi connectivity index (χ3v) is 4.13. The van der Waals surface area contributed by atoms with E-state index >= 15 is 0 Å². The van der Waals surface area contributed by atoms with Crippen LogP contribution in [0.15, 0.2) is 18.2 Å². The molecule has 0 aromatic heterocycles. The summed E-state index contributed by atoms with van der Waals surface area (Å²) in [5.41, 5.74) is 4.19. The second kappa shape index (κ2) is 7.06. The van der Waals surface area contributed by atoms with Crippen molar-refractivity contribution in [2.24, 2.45) is 11.8 Å². The molecule has 0 bridgehead atoms. The Labute approximate surface area is 119 Å². The maximum Gasteiger partial charge on any atom is 0.0384 e.